The summed E-state index contributed by atoms with van der Waals surface area (Å²) in [7, 11) is 3.55. The summed E-state index contributed by atoms with van der Waals surface area (Å²) in [6.45, 7) is 0.105. The van der Waals surface area contributed by atoms with Crippen molar-refractivity contribution in [2.75, 3.05) is 12.4 Å². The quantitative estimate of drug-likeness (QED) is 0.824. The van der Waals surface area contributed by atoms with Gasteiger partial charge in [0.2, 0.25) is 11.8 Å². The van der Waals surface area contributed by atoms with E-state index in [4.69, 9.17) is 0 Å². The number of hydrogen-bond donors (Lipinski definition) is 1. The molecule has 0 aromatic carbocycles. The summed E-state index contributed by atoms with van der Waals surface area (Å²) >= 11 is 0. The molecule has 0 bridgehead atoms. The molecular formula is C13H16N6O2. The molecule has 1 saturated heterocycles. The van der Waals surface area contributed by atoms with Gasteiger partial charge in [0.15, 0.2) is 11.5 Å². The molecule has 110 valence electrons. The first-order chi connectivity index (χ1) is 10.1. The molecule has 2 aromatic rings. The molecular weight excluding hydrogens is 272 g/mol. The Morgan fingerprint density at radius 3 is 2.62 bits per heavy atom. The maximum Gasteiger partial charge on any atom is 0.229 e. The van der Waals surface area contributed by atoms with Gasteiger partial charge in [-0.05, 0) is 6.42 Å². The van der Waals surface area contributed by atoms with Gasteiger partial charge in [-0.2, -0.15) is 5.10 Å². The van der Waals surface area contributed by atoms with Crippen LogP contribution in [-0.4, -0.2) is 43.5 Å². The van der Waals surface area contributed by atoms with Gasteiger partial charge in [-0.3, -0.25) is 19.2 Å². The van der Waals surface area contributed by atoms with Crippen LogP contribution in [0.5, 0.6) is 0 Å². The van der Waals surface area contributed by atoms with E-state index >= 15 is 0 Å². The molecule has 2 amide bonds. The van der Waals surface area contributed by atoms with Crippen molar-refractivity contribution in [2.24, 2.45) is 7.05 Å². The van der Waals surface area contributed by atoms with Crippen molar-refractivity contribution in [1.82, 2.24) is 24.6 Å². The van der Waals surface area contributed by atoms with Gasteiger partial charge < -0.3 is 5.32 Å². The zero-order valence-electron chi connectivity index (χ0n) is 12.0. The lowest BCUT2D eigenvalue weighted by molar-refractivity contribution is -0.148. The summed E-state index contributed by atoms with van der Waals surface area (Å²) in [5.41, 5.74) is 0.668. The van der Waals surface area contributed by atoms with E-state index in [0.29, 0.717) is 36.6 Å². The van der Waals surface area contributed by atoms with Gasteiger partial charge in [0.1, 0.15) is 5.82 Å². The summed E-state index contributed by atoms with van der Waals surface area (Å²) < 4.78 is 1.64. The summed E-state index contributed by atoms with van der Waals surface area (Å²) in [6, 6.07) is 0. The smallest absolute Gasteiger partial charge is 0.229 e. The zero-order valence-corrected chi connectivity index (χ0v) is 12.0. The maximum absolute atomic E-state index is 11.9. The van der Waals surface area contributed by atoms with E-state index in [-0.39, 0.29) is 18.4 Å². The molecule has 2 aromatic heterocycles. The van der Waals surface area contributed by atoms with Crippen LogP contribution in [0.2, 0.25) is 0 Å². The largest absolute Gasteiger partial charge is 0.372 e. The number of imide groups is 1. The van der Waals surface area contributed by atoms with Crippen molar-refractivity contribution in [3.8, 4) is 0 Å². The molecule has 0 unspecified atom stereocenters. The molecule has 1 aliphatic rings. The highest BCUT2D eigenvalue weighted by Crippen LogP contribution is 2.21. The molecule has 0 radical (unpaired) electrons. The molecule has 3 heterocycles. The van der Waals surface area contributed by atoms with Crippen LogP contribution in [0, 0.1) is 0 Å². The fourth-order valence-electron chi connectivity index (χ4n) is 2.45. The Morgan fingerprint density at radius 2 is 1.95 bits per heavy atom. The number of amides is 2. The number of aryl methyl sites for hydroxylation is 1. The summed E-state index contributed by atoms with van der Waals surface area (Å²) in [4.78, 5) is 33.7. The first-order valence-corrected chi connectivity index (χ1v) is 6.79. The van der Waals surface area contributed by atoms with Crippen molar-refractivity contribution in [3.63, 3.8) is 0 Å². The Labute approximate surface area is 121 Å². The van der Waals surface area contributed by atoms with Crippen LogP contribution in [-0.2, 0) is 23.2 Å². The van der Waals surface area contributed by atoms with Crippen molar-refractivity contribution in [3.05, 3.63) is 12.0 Å². The molecule has 1 aliphatic heterocycles. The molecule has 8 heteroatoms. The van der Waals surface area contributed by atoms with Gasteiger partial charge >= 0.3 is 0 Å². The molecule has 1 N–H and O–H groups in total. The number of anilines is 1. The van der Waals surface area contributed by atoms with Crippen molar-refractivity contribution < 1.29 is 9.59 Å². The first-order valence-electron chi connectivity index (χ1n) is 6.79. The third kappa shape index (κ3) is 2.32. The predicted octanol–water partition coefficient (Wildman–Crippen LogP) is 0.444. The minimum atomic E-state index is -0.161. The second kappa shape index (κ2) is 5.12. The van der Waals surface area contributed by atoms with E-state index in [9.17, 15) is 9.59 Å². The Bertz CT molecular complexity index is 707. The number of rotatable bonds is 3. The summed E-state index contributed by atoms with van der Waals surface area (Å²) in [5, 5.41) is 7.95. The highest BCUT2D eigenvalue weighted by atomic mass is 16.2. The minimum absolute atomic E-state index is 0.105. The second-order valence-electron chi connectivity index (χ2n) is 4.97. The molecule has 0 aliphatic carbocycles. The molecule has 0 saturated carbocycles. The molecule has 8 nitrogen and oxygen atoms in total. The Kier molecular flexibility index (Phi) is 3.28. The van der Waals surface area contributed by atoms with Gasteiger partial charge in [-0.25, -0.2) is 9.97 Å². The third-order valence-electron chi connectivity index (χ3n) is 3.56. The van der Waals surface area contributed by atoms with Crippen molar-refractivity contribution in [1.29, 1.82) is 0 Å². The van der Waals surface area contributed by atoms with Gasteiger partial charge in [0.25, 0.3) is 0 Å². The van der Waals surface area contributed by atoms with E-state index in [0.717, 1.165) is 5.39 Å². The van der Waals surface area contributed by atoms with Gasteiger partial charge in [0, 0.05) is 26.9 Å². The molecule has 0 spiro atoms. The fraction of sp³-hybridized carbons (Fsp3) is 0.462. The van der Waals surface area contributed by atoms with Crippen LogP contribution in [0.1, 0.15) is 25.1 Å². The fourth-order valence-corrected chi connectivity index (χ4v) is 2.45. The maximum atomic E-state index is 11.9. The number of likely N-dealkylation sites (tertiary alicyclic amines) is 1. The van der Waals surface area contributed by atoms with E-state index in [1.54, 1.807) is 25.0 Å². The molecule has 1 fully saturated rings. The molecule has 21 heavy (non-hydrogen) atoms. The van der Waals surface area contributed by atoms with Crippen molar-refractivity contribution >= 4 is 28.7 Å². The van der Waals surface area contributed by atoms with Crippen LogP contribution < -0.4 is 5.32 Å². The highest BCUT2D eigenvalue weighted by molar-refractivity contribution is 5.97. The minimum Gasteiger partial charge on any atom is -0.372 e. The van der Waals surface area contributed by atoms with Crippen LogP contribution >= 0.6 is 0 Å². The molecule has 3 rings (SSSR count). The number of hydrogen-bond acceptors (Lipinski definition) is 6. The van der Waals surface area contributed by atoms with Crippen LogP contribution in [0.15, 0.2) is 6.20 Å². The number of fused-ring (bicyclic) bond motifs is 1. The van der Waals surface area contributed by atoms with Gasteiger partial charge in [-0.1, -0.05) is 0 Å². The number of nitrogens with one attached hydrogen (secondary N) is 1. The van der Waals surface area contributed by atoms with Crippen LogP contribution in [0.25, 0.3) is 11.0 Å². The number of aromatic nitrogens is 4. The zero-order chi connectivity index (χ0) is 15.0. The van der Waals surface area contributed by atoms with E-state index < -0.39 is 0 Å². The third-order valence-corrected chi connectivity index (χ3v) is 3.56. The summed E-state index contributed by atoms with van der Waals surface area (Å²) in [6.07, 6.45) is 3.11. The molecule has 0 atom stereocenters. The lowest BCUT2D eigenvalue weighted by Gasteiger charge is -2.24. The van der Waals surface area contributed by atoms with E-state index in [1.807, 2.05) is 0 Å². The average molecular weight is 288 g/mol. The number of nitrogens with zero attached hydrogens (tertiary/aromatic N) is 5. The standard InChI is InChI=1S/C13H16N6O2/c1-14-12-8-6-15-18(2)13(8)17-9(16-12)7-19-10(20)4-3-5-11(19)21/h6H,3-5,7H2,1-2H3,(H,14,16,17). The average Bonchev–Trinajstić information content (AvgIpc) is 2.84. The van der Waals surface area contributed by atoms with Gasteiger partial charge in [0.05, 0.1) is 18.1 Å². The number of carbonyl (C=O) groups excluding carboxylic acids is 2. The topological polar surface area (TPSA) is 93.0 Å². The SMILES string of the molecule is CNc1nc(CN2C(=O)CCCC2=O)nc2c1cnn2C. The lowest BCUT2D eigenvalue weighted by Crippen LogP contribution is -2.39. The predicted molar refractivity (Wildman–Crippen MR) is 75.3 cm³/mol. The lowest BCUT2D eigenvalue weighted by atomic mass is 10.1. The number of piperidine rings is 1. The number of carbonyl (C=O) groups is 2. The van der Waals surface area contributed by atoms with E-state index in [2.05, 4.69) is 20.4 Å². The van der Waals surface area contributed by atoms with Gasteiger partial charge in [-0.15, -0.1) is 0 Å². The highest BCUT2D eigenvalue weighted by Gasteiger charge is 2.27. The van der Waals surface area contributed by atoms with Crippen LogP contribution in [0.4, 0.5) is 5.82 Å². The van der Waals surface area contributed by atoms with Crippen molar-refractivity contribution in [2.45, 2.75) is 25.8 Å². The summed E-state index contributed by atoms with van der Waals surface area (Å²) in [5.74, 6) is 0.746. The monoisotopic (exact) mass is 288 g/mol. The van der Waals surface area contributed by atoms with Crippen LogP contribution in [0.3, 0.4) is 0 Å². The Morgan fingerprint density at radius 1 is 1.24 bits per heavy atom. The Balaban J connectivity index is 1.98. The first kappa shape index (κ1) is 13.5. The Hall–Kier alpha value is -2.51. The normalized spacial score (nSPS) is 15.8. The second-order valence-corrected chi connectivity index (χ2v) is 4.97. The van der Waals surface area contributed by atoms with E-state index in [1.165, 1.54) is 4.90 Å².